The van der Waals surface area contributed by atoms with Crippen molar-refractivity contribution in [1.82, 2.24) is 4.31 Å². The van der Waals surface area contributed by atoms with Crippen LogP contribution in [0.1, 0.15) is 6.42 Å². The molecular weight excluding hydrogens is 373 g/mol. The zero-order chi connectivity index (χ0) is 19.1. The number of hydrogen-bond donors (Lipinski definition) is 0. The zero-order valence-corrected chi connectivity index (χ0v) is 15.7. The van der Waals surface area contributed by atoms with Crippen molar-refractivity contribution in [2.24, 2.45) is 0 Å². The Labute approximate surface area is 158 Å². The quantitative estimate of drug-likeness (QED) is 0.643. The molecule has 2 aromatic carbocycles. The van der Waals surface area contributed by atoms with Crippen LogP contribution in [-0.4, -0.2) is 52.2 Å². The third-order valence-corrected chi connectivity index (χ3v) is 5.98. The summed E-state index contributed by atoms with van der Waals surface area (Å²) in [6.07, 6.45) is 0.644. The van der Waals surface area contributed by atoms with E-state index in [1.165, 1.54) is 16.4 Å². The molecule has 27 heavy (non-hydrogen) atoms. The number of nitrogens with zero attached hydrogens (tertiary/aromatic N) is 1. The van der Waals surface area contributed by atoms with Crippen molar-refractivity contribution < 1.29 is 27.0 Å². The van der Waals surface area contributed by atoms with Gasteiger partial charge in [-0.2, -0.15) is 4.31 Å². The molecule has 1 heterocycles. The Hall–Kier alpha value is -2.16. The van der Waals surface area contributed by atoms with Gasteiger partial charge in [0.15, 0.2) is 0 Å². The van der Waals surface area contributed by atoms with Crippen LogP contribution in [-0.2, 0) is 14.8 Å². The van der Waals surface area contributed by atoms with Crippen LogP contribution >= 0.6 is 0 Å². The number of rotatable bonds is 8. The number of halogens is 1. The van der Waals surface area contributed by atoms with Gasteiger partial charge in [0.25, 0.3) is 0 Å². The van der Waals surface area contributed by atoms with Gasteiger partial charge in [0.05, 0.1) is 31.3 Å². The van der Waals surface area contributed by atoms with E-state index in [0.29, 0.717) is 57.4 Å². The predicted octanol–water partition coefficient (Wildman–Crippen LogP) is 2.69. The molecule has 0 bridgehead atoms. The van der Waals surface area contributed by atoms with Crippen molar-refractivity contribution in [3.05, 3.63) is 54.3 Å². The Balaban J connectivity index is 1.44. The highest BCUT2D eigenvalue weighted by atomic mass is 32.2. The van der Waals surface area contributed by atoms with Crippen LogP contribution in [0.15, 0.2) is 53.4 Å². The van der Waals surface area contributed by atoms with Crippen molar-refractivity contribution in [1.29, 1.82) is 0 Å². The van der Waals surface area contributed by atoms with Crippen molar-refractivity contribution >= 4 is 10.0 Å². The Morgan fingerprint density at radius 2 is 1.41 bits per heavy atom. The van der Waals surface area contributed by atoms with E-state index in [-0.39, 0.29) is 10.7 Å². The van der Waals surface area contributed by atoms with Gasteiger partial charge in [-0.15, -0.1) is 0 Å². The van der Waals surface area contributed by atoms with Crippen LogP contribution < -0.4 is 9.47 Å². The van der Waals surface area contributed by atoms with Crippen molar-refractivity contribution in [3.63, 3.8) is 0 Å². The summed E-state index contributed by atoms with van der Waals surface area (Å²) in [6.45, 7) is 2.44. The first kappa shape index (κ1) is 19.6. The highest BCUT2D eigenvalue weighted by molar-refractivity contribution is 7.89. The smallest absolute Gasteiger partial charge is 0.243 e. The van der Waals surface area contributed by atoms with Crippen LogP contribution in [0.4, 0.5) is 4.39 Å². The topological polar surface area (TPSA) is 65.1 Å². The SMILES string of the molecule is O=S(=O)(c1ccc(OCCCOc2ccc(F)cc2)cc1)N1CCOCC1. The lowest BCUT2D eigenvalue weighted by Crippen LogP contribution is -2.40. The summed E-state index contributed by atoms with van der Waals surface area (Å²) in [5, 5.41) is 0. The summed E-state index contributed by atoms with van der Waals surface area (Å²) in [6, 6.07) is 12.2. The molecule has 6 nitrogen and oxygen atoms in total. The largest absolute Gasteiger partial charge is 0.493 e. The third-order valence-electron chi connectivity index (χ3n) is 4.07. The van der Waals surface area contributed by atoms with Gasteiger partial charge < -0.3 is 14.2 Å². The summed E-state index contributed by atoms with van der Waals surface area (Å²) in [5.41, 5.74) is 0. The van der Waals surface area contributed by atoms with E-state index < -0.39 is 10.0 Å². The first-order valence-electron chi connectivity index (χ1n) is 8.75. The first-order valence-corrected chi connectivity index (χ1v) is 10.2. The highest BCUT2D eigenvalue weighted by Crippen LogP contribution is 2.20. The number of hydrogen-bond acceptors (Lipinski definition) is 5. The lowest BCUT2D eigenvalue weighted by molar-refractivity contribution is 0.0730. The second-order valence-corrected chi connectivity index (χ2v) is 7.93. The highest BCUT2D eigenvalue weighted by Gasteiger charge is 2.26. The van der Waals surface area contributed by atoms with Crippen molar-refractivity contribution in [2.45, 2.75) is 11.3 Å². The molecule has 3 rings (SSSR count). The average Bonchev–Trinajstić information content (AvgIpc) is 2.70. The normalized spacial score (nSPS) is 15.4. The number of sulfonamides is 1. The Kier molecular flexibility index (Phi) is 6.65. The Bertz CT molecular complexity index is 818. The molecular formula is C19H22FNO5S. The maximum atomic E-state index is 12.8. The molecule has 0 N–H and O–H groups in total. The zero-order valence-electron chi connectivity index (χ0n) is 14.8. The molecule has 1 saturated heterocycles. The fourth-order valence-corrected chi connectivity index (χ4v) is 4.02. The minimum absolute atomic E-state index is 0.247. The van der Waals surface area contributed by atoms with E-state index in [0.717, 1.165) is 0 Å². The molecule has 1 aliphatic rings. The van der Waals surface area contributed by atoms with E-state index in [9.17, 15) is 12.8 Å². The second-order valence-electron chi connectivity index (χ2n) is 5.99. The van der Waals surface area contributed by atoms with Gasteiger partial charge in [-0.25, -0.2) is 12.8 Å². The van der Waals surface area contributed by atoms with Crippen LogP contribution in [0, 0.1) is 5.82 Å². The van der Waals surface area contributed by atoms with Gasteiger partial charge >= 0.3 is 0 Å². The molecule has 146 valence electrons. The van der Waals surface area contributed by atoms with Crippen LogP contribution in [0.5, 0.6) is 11.5 Å². The monoisotopic (exact) mass is 395 g/mol. The van der Waals surface area contributed by atoms with E-state index in [1.807, 2.05) is 0 Å². The average molecular weight is 395 g/mol. The molecule has 0 unspecified atom stereocenters. The second kappa shape index (κ2) is 9.16. The van der Waals surface area contributed by atoms with Gasteiger partial charge in [-0.1, -0.05) is 0 Å². The van der Waals surface area contributed by atoms with Crippen molar-refractivity contribution in [2.75, 3.05) is 39.5 Å². The lowest BCUT2D eigenvalue weighted by atomic mass is 10.3. The molecule has 0 radical (unpaired) electrons. The first-order chi connectivity index (χ1) is 13.1. The lowest BCUT2D eigenvalue weighted by Gasteiger charge is -2.26. The minimum Gasteiger partial charge on any atom is -0.493 e. The predicted molar refractivity (Wildman–Crippen MR) is 98.0 cm³/mol. The summed E-state index contributed by atoms with van der Waals surface area (Å²) in [7, 11) is -3.49. The summed E-state index contributed by atoms with van der Waals surface area (Å²) >= 11 is 0. The fourth-order valence-electron chi connectivity index (χ4n) is 2.61. The van der Waals surface area contributed by atoms with E-state index in [1.54, 1.807) is 36.4 Å². The minimum atomic E-state index is -3.49. The molecule has 0 amide bonds. The Morgan fingerprint density at radius 1 is 0.889 bits per heavy atom. The van der Waals surface area contributed by atoms with Gasteiger partial charge in [0.1, 0.15) is 17.3 Å². The number of ether oxygens (including phenoxy) is 3. The molecule has 1 fully saturated rings. The van der Waals surface area contributed by atoms with Crippen LogP contribution in [0.2, 0.25) is 0 Å². The summed E-state index contributed by atoms with van der Waals surface area (Å²) in [4.78, 5) is 0.247. The van der Waals surface area contributed by atoms with Gasteiger partial charge in [0, 0.05) is 19.5 Å². The van der Waals surface area contributed by atoms with Gasteiger partial charge in [-0.3, -0.25) is 0 Å². The molecule has 0 aromatic heterocycles. The summed E-state index contributed by atoms with van der Waals surface area (Å²) < 4.78 is 55.6. The van der Waals surface area contributed by atoms with Crippen LogP contribution in [0.3, 0.4) is 0 Å². The Morgan fingerprint density at radius 3 is 1.96 bits per heavy atom. The van der Waals surface area contributed by atoms with E-state index in [4.69, 9.17) is 14.2 Å². The number of benzene rings is 2. The molecule has 0 atom stereocenters. The van der Waals surface area contributed by atoms with Crippen LogP contribution in [0.25, 0.3) is 0 Å². The standard InChI is InChI=1S/C19H22FNO5S/c20-16-2-4-17(5-3-16)25-12-1-13-26-18-6-8-19(9-7-18)27(22,23)21-10-14-24-15-11-21/h2-9H,1,10-15H2. The molecule has 0 aliphatic carbocycles. The van der Waals surface area contributed by atoms with Crippen molar-refractivity contribution in [3.8, 4) is 11.5 Å². The molecule has 1 aliphatic heterocycles. The molecule has 2 aromatic rings. The number of morpholine rings is 1. The van der Waals surface area contributed by atoms with Gasteiger partial charge in [-0.05, 0) is 48.5 Å². The molecule has 8 heteroatoms. The maximum Gasteiger partial charge on any atom is 0.243 e. The molecule has 0 saturated carbocycles. The maximum absolute atomic E-state index is 12.8. The fraction of sp³-hybridized carbons (Fsp3) is 0.368. The van der Waals surface area contributed by atoms with E-state index in [2.05, 4.69) is 0 Å². The molecule has 0 spiro atoms. The summed E-state index contributed by atoms with van der Waals surface area (Å²) in [5.74, 6) is 0.900. The third kappa shape index (κ3) is 5.41. The van der Waals surface area contributed by atoms with Gasteiger partial charge in [0.2, 0.25) is 10.0 Å². The van der Waals surface area contributed by atoms with E-state index >= 15 is 0 Å².